The van der Waals surface area contributed by atoms with Crippen LogP contribution in [0.25, 0.3) is 0 Å². The Balaban J connectivity index is 2.44. The molecule has 90 valence electrons. The van der Waals surface area contributed by atoms with Crippen molar-refractivity contribution in [1.29, 1.82) is 0 Å². The van der Waals surface area contributed by atoms with Gasteiger partial charge in [0.25, 0.3) is 0 Å². The van der Waals surface area contributed by atoms with Crippen molar-refractivity contribution in [3.8, 4) is 5.75 Å². The first-order valence-electron chi connectivity index (χ1n) is 4.96. The fourth-order valence-electron chi connectivity index (χ4n) is 1.61. The van der Waals surface area contributed by atoms with Crippen LogP contribution >= 0.6 is 27.3 Å². The largest absolute Gasteiger partial charge is 0.496 e. The quantitative estimate of drug-likeness (QED) is 0.937. The third-order valence-electron chi connectivity index (χ3n) is 2.48. The van der Waals surface area contributed by atoms with Gasteiger partial charge in [0.2, 0.25) is 0 Å². The van der Waals surface area contributed by atoms with Gasteiger partial charge in [0, 0.05) is 5.56 Å². The zero-order chi connectivity index (χ0) is 12.4. The van der Waals surface area contributed by atoms with Crippen LogP contribution in [-0.4, -0.2) is 7.11 Å². The summed E-state index contributed by atoms with van der Waals surface area (Å²) in [5, 5.41) is 1.88. The standard InChI is InChI=1S/C12H11BrFNOS/c1-16-9-5-6-17-12(9)11(15)7-3-2-4-8(13)10(7)14/h2-6,11H,15H2,1H3. The van der Waals surface area contributed by atoms with Crippen molar-refractivity contribution in [1.82, 2.24) is 0 Å². The van der Waals surface area contributed by atoms with Crippen LogP contribution < -0.4 is 10.5 Å². The highest BCUT2D eigenvalue weighted by molar-refractivity contribution is 9.10. The molecule has 1 aromatic carbocycles. The number of halogens is 2. The Labute approximate surface area is 111 Å². The average Bonchev–Trinajstić information content (AvgIpc) is 2.80. The number of hydrogen-bond acceptors (Lipinski definition) is 3. The van der Waals surface area contributed by atoms with E-state index >= 15 is 0 Å². The molecule has 1 atom stereocenters. The predicted molar refractivity (Wildman–Crippen MR) is 71.0 cm³/mol. The molecule has 2 rings (SSSR count). The van der Waals surface area contributed by atoms with Crippen molar-refractivity contribution in [3.63, 3.8) is 0 Å². The highest BCUT2D eigenvalue weighted by Crippen LogP contribution is 2.35. The van der Waals surface area contributed by atoms with E-state index in [1.54, 1.807) is 25.3 Å². The van der Waals surface area contributed by atoms with Gasteiger partial charge in [-0.1, -0.05) is 12.1 Å². The molecule has 0 fully saturated rings. The molecule has 2 N–H and O–H groups in total. The van der Waals surface area contributed by atoms with Crippen LogP contribution in [0.1, 0.15) is 16.5 Å². The van der Waals surface area contributed by atoms with Crippen molar-refractivity contribution in [2.75, 3.05) is 7.11 Å². The molecule has 0 amide bonds. The number of methoxy groups -OCH3 is 1. The van der Waals surface area contributed by atoms with Gasteiger partial charge in [-0.05, 0) is 33.4 Å². The number of rotatable bonds is 3. The molecule has 5 heteroatoms. The lowest BCUT2D eigenvalue weighted by molar-refractivity contribution is 0.410. The number of benzene rings is 1. The van der Waals surface area contributed by atoms with Gasteiger partial charge >= 0.3 is 0 Å². The first-order valence-corrected chi connectivity index (χ1v) is 6.63. The molecule has 0 aliphatic carbocycles. The average molecular weight is 316 g/mol. The van der Waals surface area contributed by atoms with E-state index in [4.69, 9.17) is 10.5 Å². The van der Waals surface area contributed by atoms with Crippen molar-refractivity contribution in [2.24, 2.45) is 5.73 Å². The van der Waals surface area contributed by atoms with E-state index in [0.29, 0.717) is 15.8 Å². The smallest absolute Gasteiger partial charge is 0.142 e. The minimum atomic E-state index is -0.512. The van der Waals surface area contributed by atoms with Crippen LogP contribution in [0.4, 0.5) is 4.39 Å². The van der Waals surface area contributed by atoms with Crippen molar-refractivity contribution in [2.45, 2.75) is 6.04 Å². The zero-order valence-corrected chi connectivity index (χ0v) is 11.5. The van der Waals surface area contributed by atoms with E-state index in [1.165, 1.54) is 11.3 Å². The Kier molecular flexibility index (Phi) is 3.81. The molecule has 0 aliphatic heterocycles. The summed E-state index contributed by atoms with van der Waals surface area (Å²) in [6, 6.07) is 6.42. The van der Waals surface area contributed by atoms with E-state index in [9.17, 15) is 4.39 Å². The van der Waals surface area contributed by atoms with Gasteiger partial charge in [-0.3, -0.25) is 0 Å². The van der Waals surface area contributed by atoms with Crippen LogP contribution in [-0.2, 0) is 0 Å². The normalized spacial score (nSPS) is 12.5. The summed E-state index contributed by atoms with van der Waals surface area (Å²) in [5.41, 5.74) is 6.53. The van der Waals surface area contributed by atoms with Crippen LogP contribution in [0.15, 0.2) is 34.1 Å². The Bertz CT molecular complexity index is 529. The number of ether oxygens (including phenoxy) is 1. The Morgan fingerprint density at radius 2 is 2.18 bits per heavy atom. The summed E-state index contributed by atoms with van der Waals surface area (Å²) in [5.74, 6) is 0.373. The van der Waals surface area contributed by atoms with E-state index < -0.39 is 6.04 Å². The Hall–Kier alpha value is -0.910. The number of thiophene rings is 1. The molecule has 2 aromatic rings. The molecule has 0 spiro atoms. The molecule has 17 heavy (non-hydrogen) atoms. The van der Waals surface area contributed by atoms with Crippen LogP contribution in [0.2, 0.25) is 0 Å². The summed E-state index contributed by atoms with van der Waals surface area (Å²) >= 11 is 4.61. The van der Waals surface area contributed by atoms with Gasteiger partial charge in [0.15, 0.2) is 0 Å². The summed E-state index contributed by atoms with van der Waals surface area (Å²) < 4.78 is 19.5. The summed E-state index contributed by atoms with van der Waals surface area (Å²) in [6.45, 7) is 0. The van der Waals surface area contributed by atoms with Crippen LogP contribution in [0, 0.1) is 5.82 Å². The lowest BCUT2D eigenvalue weighted by atomic mass is 10.1. The first kappa shape index (κ1) is 12.5. The Morgan fingerprint density at radius 3 is 2.88 bits per heavy atom. The molecule has 0 radical (unpaired) electrons. The maximum absolute atomic E-state index is 13.9. The predicted octanol–water partition coefficient (Wildman–Crippen LogP) is 3.71. The molecule has 1 unspecified atom stereocenters. The van der Waals surface area contributed by atoms with E-state index in [0.717, 1.165) is 4.88 Å². The van der Waals surface area contributed by atoms with Gasteiger partial charge in [0.05, 0.1) is 22.5 Å². The van der Waals surface area contributed by atoms with Crippen molar-refractivity contribution in [3.05, 3.63) is 50.4 Å². The van der Waals surface area contributed by atoms with Crippen molar-refractivity contribution >= 4 is 27.3 Å². The number of nitrogens with two attached hydrogens (primary N) is 1. The minimum absolute atomic E-state index is 0.324. The minimum Gasteiger partial charge on any atom is -0.496 e. The SMILES string of the molecule is COc1ccsc1C(N)c1cccc(Br)c1F. The number of hydrogen-bond donors (Lipinski definition) is 1. The van der Waals surface area contributed by atoms with Gasteiger partial charge in [-0.15, -0.1) is 11.3 Å². The summed E-state index contributed by atoms with van der Waals surface area (Å²) in [6.07, 6.45) is 0. The fourth-order valence-corrected chi connectivity index (χ4v) is 2.87. The molecular weight excluding hydrogens is 305 g/mol. The highest BCUT2D eigenvalue weighted by Gasteiger charge is 2.19. The third kappa shape index (κ3) is 2.36. The van der Waals surface area contributed by atoms with Crippen LogP contribution in [0.3, 0.4) is 0 Å². The van der Waals surface area contributed by atoms with Crippen LogP contribution in [0.5, 0.6) is 5.75 Å². The van der Waals surface area contributed by atoms with Gasteiger partial charge in [-0.2, -0.15) is 0 Å². The second-order valence-corrected chi connectivity index (χ2v) is 5.28. The lowest BCUT2D eigenvalue weighted by Crippen LogP contribution is -2.13. The molecule has 2 nitrogen and oxygen atoms in total. The molecule has 0 aliphatic rings. The molecule has 1 heterocycles. The lowest BCUT2D eigenvalue weighted by Gasteiger charge is -2.13. The van der Waals surface area contributed by atoms with Gasteiger partial charge in [-0.25, -0.2) is 4.39 Å². The molecule has 1 aromatic heterocycles. The highest BCUT2D eigenvalue weighted by atomic mass is 79.9. The van der Waals surface area contributed by atoms with Crippen molar-refractivity contribution < 1.29 is 9.13 Å². The topological polar surface area (TPSA) is 35.2 Å². The third-order valence-corrected chi connectivity index (χ3v) is 4.07. The van der Waals surface area contributed by atoms with E-state index in [1.807, 2.05) is 11.4 Å². The van der Waals surface area contributed by atoms with Gasteiger partial charge in [0.1, 0.15) is 11.6 Å². The Morgan fingerprint density at radius 1 is 1.41 bits per heavy atom. The summed E-state index contributed by atoms with van der Waals surface area (Å²) in [4.78, 5) is 0.824. The maximum Gasteiger partial charge on any atom is 0.142 e. The second-order valence-electron chi connectivity index (χ2n) is 3.47. The van der Waals surface area contributed by atoms with E-state index in [-0.39, 0.29) is 5.82 Å². The second kappa shape index (κ2) is 5.16. The molecular formula is C12H11BrFNOS. The monoisotopic (exact) mass is 315 g/mol. The molecule has 0 saturated carbocycles. The zero-order valence-electron chi connectivity index (χ0n) is 9.11. The first-order chi connectivity index (χ1) is 8.15. The molecule has 0 saturated heterocycles. The van der Waals surface area contributed by atoms with Gasteiger partial charge < -0.3 is 10.5 Å². The van der Waals surface area contributed by atoms with E-state index in [2.05, 4.69) is 15.9 Å². The fraction of sp³-hybridized carbons (Fsp3) is 0.167. The molecule has 0 bridgehead atoms. The maximum atomic E-state index is 13.9. The summed E-state index contributed by atoms with van der Waals surface area (Å²) in [7, 11) is 1.58.